The molecule has 2 nitrogen and oxygen atoms in total. The summed E-state index contributed by atoms with van der Waals surface area (Å²) in [4.78, 5) is 0. The molecule has 2 rings (SSSR count). The van der Waals surface area contributed by atoms with Crippen molar-refractivity contribution in [2.45, 2.75) is 44.5 Å². The average Bonchev–Trinajstić information content (AvgIpc) is 2.68. The van der Waals surface area contributed by atoms with Crippen LogP contribution in [0.25, 0.3) is 0 Å². The molecule has 16 heavy (non-hydrogen) atoms. The number of aliphatic hydroxyl groups excluding tert-OH is 1. The summed E-state index contributed by atoms with van der Waals surface area (Å²) in [5.74, 6) is 0. The lowest BCUT2D eigenvalue weighted by molar-refractivity contribution is -0.0278. The van der Waals surface area contributed by atoms with Gasteiger partial charge in [0.15, 0.2) is 0 Å². The van der Waals surface area contributed by atoms with Crippen LogP contribution in [0.5, 0.6) is 0 Å². The topological polar surface area (TPSA) is 29.5 Å². The van der Waals surface area contributed by atoms with Crippen LogP contribution in [0.3, 0.4) is 0 Å². The number of hydrogen-bond donors (Lipinski definition) is 1. The molecule has 1 fully saturated rings. The Kier molecular flexibility index (Phi) is 3.85. The van der Waals surface area contributed by atoms with Crippen LogP contribution < -0.4 is 0 Å². The number of halogens is 1. The Labute approximate surface area is 101 Å². The summed E-state index contributed by atoms with van der Waals surface area (Å²) in [7, 11) is 0. The van der Waals surface area contributed by atoms with Gasteiger partial charge in [-0.05, 0) is 37.5 Å². The molecule has 88 valence electrons. The van der Waals surface area contributed by atoms with Crippen molar-refractivity contribution >= 4 is 11.6 Å². The van der Waals surface area contributed by atoms with Crippen LogP contribution in [0.1, 0.15) is 25.3 Å². The molecule has 0 spiro atoms. The molecule has 1 aliphatic heterocycles. The van der Waals surface area contributed by atoms with E-state index in [9.17, 15) is 5.11 Å². The van der Waals surface area contributed by atoms with Gasteiger partial charge in [-0.2, -0.15) is 0 Å². The Bertz CT molecular complexity index is 336. The van der Waals surface area contributed by atoms with E-state index in [1.165, 1.54) is 0 Å². The van der Waals surface area contributed by atoms with Crippen LogP contribution in [-0.4, -0.2) is 23.4 Å². The molecular weight excluding hydrogens is 224 g/mol. The summed E-state index contributed by atoms with van der Waals surface area (Å²) >= 11 is 5.81. The molecule has 1 aliphatic rings. The first kappa shape index (κ1) is 11.9. The van der Waals surface area contributed by atoms with E-state index in [0.717, 1.165) is 23.4 Å². The van der Waals surface area contributed by atoms with Crippen molar-refractivity contribution in [1.82, 2.24) is 0 Å². The SMILES string of the molecule is CC1CCC(C(O)Cc2ccc(Cl)cc2)O1. The first-order valence-corrected chi connectivity index (χ1v) is 6.11. The third-order valence-electron chi connectivity index (χ3n) is 3.05. The average molecular weight is 241 g/mol. The van der Waals surface area contributed by atoms with Gasteiger partial charge in [0.25, 0.3) is 0 Å². The smallest absolute Gasteiger partial charge is 0.0842 e. The highest BCUT2D eigenvalue weighted by molar-refractivity contribution is 6.30. The summed E-state index contributed by atoms with van der Waals surface area (Å²) in [6.07, 6.45) is 2.49. The van der Waals surface area contributed by atoms with E-state index in [-0.39, 0.29) is 12.2 Å². The van der Waals surface area contributed by atoms with Crippen molar-refractivity contribution in [2.75, 3.05) is 0 Å². The molecule has 0 amide bonds. The van der Waals surface area contributed by atoms with E-state index in [1.54, 1.807) is 0 Å². The fourth-order valence-corrected chi connectivity index (χ4v) is 2.24. The van der Waals surface area contributed by atoms with Crippen molar-refractivity contribution in [2.24, 2.45) is 0 Å². The van der Waals surface area contributed by atoms with Gasteiger partial charge in [-0.1, -0.05) is 23.7 Å². The Balaban J connectivity index is 1.91. The van der Waals surface area contributed by atoms with Crippen LogP contribution in [0.2, 0.25) is 5.02 Å². The Morgan fingerprint density at radius 3 is 2.62 bits per heavy atom. The highest BCUT2D eigenvalue weighted by Gasteiger charge is 2.28. The zero-order valence-corrected chi connectivity index (χ0v) is 10.2. The van der Waals surface area contributed by atoms with Crippen molar-refractivity contribution in [3.8, 4) is 0 Å². The lowest BCUT2D eigenvalue weighted by atomic mass is 10.0. The summed E-state index contributed by atoms with van der Waals surface area (Å²) in [6, 6.07) is 7.59. The zero-order chi connectivity index (χ0) is 11.5. The first-order valence-electron chi connectivity index (χ1n) is 5.73. The minimum atomic E-state index is -0.411. The van der Waals surface area contributed by atoms with Gasteiger partial charge in [-0.3, -0.25) is 0 Å². The van der Waals surface area contributed by atoms with E-state index in [0.29, 0.717) is 6.42 Å². The molecule has 1 aromatic rings. The van der Waals surface area contributed by atoms with Crippen LogP contribution >= 0.6 is 11.6 Å². The third kappa shape index (κ3) is 2.97. The number of hydrogen-bond acceptors (Lipinski definition) is 2. The largest absolute Gasteiger partial charge is 0.390 e. The maximum atomic E-state index is 10.0. The molecule has 3 unspecified atom stereocenters. The van der Waals surface area contributed by atoms with E-state index in [1.807, 2.05) is 24.3 Å². The third-order valence-corrected chi connectivity index (χ3v) is 3.30. The fourth-order valence-electron chi connectivity index (χ4n) is 2.11. The number of benzene rings is 1. The van der Waals surface area contributed by atoms with Gasteiger partial charge in [0.05, 0.1) is 18.3 Å². The quantitative estimate of drug-likeness (QED) is 0.881. The molecule has 0 saturated carbocycles. The van der Waals surface area contributed by atoms with Gasteiger partial charge in [-0.15, -0.1) is 0 Å². The van der Waals surface area contributed by atoms with Crippen molar-refractivity contribution in [3.05, 3.63) is 34.9 Å². The summed E-state index contributed by atoms with van der Waals surface area (Å²) < 4.78 is 5.64. The minimum absolute atomic E-state index is 0.00863. The van der Waals surface area contributed by atoms with Crippen molar-refractivity contribution in [1.29, 1.82) is 0 Å². The van der Waals surface area contributed by atoms with Crippen LogP contribution in [-0.2, 0) is 11.2 Å². The van der Waals surface area contributed by atoms with Gasteiger partial charge >= 0.3 is 0 Å². The zero-order valence-electron chi connectivity index (χ0n) is 9.40. The molecule has 0 aromatic heterocycles. The molecule has 1 aromatic carbocycles. The first-order chi connectivity index (χ1) is 7.65. The number of rotatable bonds is 3. The van der Waals surface area contributed by atoms with Gasteiger partial charge in [0.1, 0.15) is 0 Å². The maximum absolute atomic E-state index is 10.0. The molecule has 1 heterocycles. The summed E-state index contributed by atoms with van der Waals surface area (Å²) in [5.41, 5.74) is 1.10. The molecule has 0 bridgehead atoms. The maximum Gasteiger partial charge on any atom is 0.0842 e. The standard InChI is InChI=1S/C13H17ClO2/c1-9-2-7-13(16-9)12(15)8-10-3-5-11(14)6-4-10/h3-6,9,12-13,15H,2,7-8H2,1H3. The van der Waals surface area contributed by atoms with Gasteiger partial charge in [0, 0.05) is 11.4 Å². The fraction of sp³-hybridized carbons (Fsp3) is 0.538. The van der Waals surface area contributed by atoms with Crippen LogP contribution in [0.15, 0.2) is 24.3 Å². The highest BCUT2D eigenvalue weighted by Crippen LogP contribution is 2.23. The Morgan fingerprint density at radius 1 is 1.38 bits per heavy atom. The molecule has 1 N–H and O–H groups in total. The molecular formula is C13H17ClO2. The van der Waals surface area contributed by atoms with Crippen LogP contribution in [0, 0.1) is 0 Å². The van der Waals surface area contributed by atoms with Gasteiger partial charge < -0.3 is 9.84 Å². The Morgan fingerprint density at radius 2 is 2.06 bits per heavy atom. The van der Waals surface area contributed by atoms with E-state index >= 15 is 0 Å². The molecule has 3 atom stereocenters. The summed E-state index contributed by atoms with van der Waals surface area (Å²) in [6.45, 7) is 2.05. The van der Waals surface area contributed by atoms with Gasteiger partial charge in [-0.25, -0.2) is 0 Å². The second-order valence-electron chi connectivity index (χ2n) is 4.46. The van der Waals surface area contributed by atoms with Crippen molar-refractivity contribution in [3.63, 3.8) is 0 Å². The summed E-state index contributed by atoms with van der Waals surface area (Å²) in [5, 5.41) is 10.8. The Hall–Kier alpha value is -0.570. The molecule has 3 heteroatoms. The van der Waals surface area contributed by atoms with E-state index < -0.39 is 6.10 Å². The lowest BCUT2D eigenvalue weighted by Gasteiger charge is -2.18. The normalized spacial score (nSPS) is 26.9. The molecule has 0 aliphatic carbocycles. The second-order valence-corrected chi connectivity index (χ2v) is 4.90. The molecule has 1 saturated heterocycles. The van der Waals surface area contributed by atoms with Crippen LogP contribution in [0.4, 0.5) is 0 Å². The van der Waals surface area contributed by atoms with E-state index in [4.69, 9.17) is 16.3 Å². The van der Waals surface area contributed by atoms with Crippen molar-refractivity contribution < 1.29 is 9.84 Å². The number of ether oxygens (including phenoxy) is 1. The predicted molar refractivity (Wildman–Crippen MR) is 64.7 cm³/mol. The number of aliphatic hydroxyl groups is 1. The highest BCUT2D eigenvalue weighted by atomic mass is 35.5. The van der Waals surface area contributed by atoms with Gasteiger partial charge in [0.2, 0.25) is 0 Å². The monoisotopic (exact) mass is 240 g/mol. The second kappa shape index (κ2) is 5.17. The predicted octanol–water partition coefficient (Wildman–Crippen LogP) is 2.81. The van der Waals surface area contributed by atoms with E-state index in [2.05, 4.69) is 6.92 Å². The molecule has 0 radical (unpaired) electrons. The minimum Gasteiger partial charge on any atom is -0.390 e. The lowest BCUT2D eigenvalue weighted by Crippen LogP contribution is -2.28.